The SMILES string of the molecule is COc1ccc(-c2nc(NCCN(C)C)c3cc(OC)ccc3c2-c2ccc(OC)cc2)cc1. The smallest absolute Gasteiger partial charge is 0.134 e. The van der Waals surface area contributed by atoms with Crippen LogP contribution < -0.4 is 19.5 Å². The quantitative estimate of drug-likeness (QED) is 0.355. The van der Waals surface area contributed by atoms with Crippen molar-refractivity contribution in [3.05, 3.63) is 66.7 Å². The van der Waals surface area contributed by atoms with Gasteiger partial charge in [0.2, 0.25) is 0 Å². The Labute approximate surface area is 201 Å². The molecule has 0 fully saturated rings. The van der Waals surface area contributed by atoms with Crippen LogP contribution in [0, 0.1) is 0 Å². The highest BCUT2D eigenvalue weighted by Gasteiger charge is 2.18. The van der Waals surface area contributed by atoms with Crippen LogP contribution in [0.1, 0.15) is 0 Å². The number of likely N-dealkylation sites (N-methyl/N-ethyl adjacent to an activating group) is 1. The number of fused-ring (bicyclic) bond motifs is 1. The lowest BCUT2D eigenvalue weighted by Crippen LogP contribution is -2.21. The molecular formula is C28H31N3O3. The van der Waals surface area contributed by atoms with Crippen molar-refractivity contribution in [2.45, 2.75) is 0 Å². The average Bonchev–Trinajstić information content (AvgIpc) is 2.88. The summed E-state index contributed by atoms with van der Waals surface area (Å²) in [7, 11) is 9.16. The van der Waals surface area contributed by atoms with Crippen molar-refractivity contribution in [1.29, 1.82) is 0 Å². The molecule has 3 aromatic carbocycles. The second kappa shape index (κ2) is 10.4. The number of aromatic nitrogens is 1. The fourth-order valence-corrected chi connectivity index (χ4v) is 3.96. The predicted octanol–water partition coefficient (Wildman–Crippen LogP) is 5.57. The molecule has 0 aliphatic rings. The number of hydrogen-bond acceptors (Lipinski definition) is 6. The summed E-state index contributed by atoms with van der Waals surface area (Å²) in [5.74, 6) is 3.25. The molecule has 0 saturated carbocycles. The van der Waals surface area contributed by atoms with Gasteiger partial charge >= 0.3 is 0 Å². The van der Waals surface area contributed by atoms with Crippen LogP contribution in [0.25, 0.3) is 33.2 Å². The van der Waals surface area contributed by atoms with Crippen molar-refractivity contribution in [2.24, 2.45) is 0 Å². The van der Waals surface area contributed by atoms with Crippen LogP contribution in [0.3, 0.4) is 0 Å². The van der Waals surface area contributed by atoms with Crippen LogP contribution in [-0.2, 0) is 0 Å². The first-order valence-electron chi connectivity index (χ1n) is 11.2. The largest absolute Gasteiger partial charge is 0.497 e. The van der Waals surface area contributed by atoms with Crippen LogP contribution in [0.4, 0.5) is 5.82 Å². The van der Waals surface area contributed by atoms with Crippen LogP contribution in [0.2, 0.25) is 0 Å². The van der Waals surface area contributed by atoms with Gasteiger partial charge in [0.15, 0.2) is 0 Å². The normalized spacial score (nSPS) is 11.0. The Bertz CT molecular complexity index is 1250. The van der Waals surface area contributed by atoms with Crippen molar-refractivity contribution < 1.29 is 14.2 Å². The second-order valence-electron chi connectivity index (χ2n) is 8.28. The number of benzene rings is 3. The van der Waals surface area contributed by atoms with Gasteiger partial charge in [0.25, 0.3) is 0 Å². The molecular weight excluding hydrogens is 426 g/mol. The summed E-state index contributed by atoms with van der Waals surface area (Å²) >= 11 is 0. The van der Waals surface area contributed by atoms with E-state index in [9.17, 15) is 0 Å². The molecule has 1 heterocycles. The highest BCUT2D eigenvalue weighted by molar-refractivity contribution is 6.07. The van der Waals surface area contributed by atoms with Crippen LogP contribution in [0.5, 0.6) is 17.2 Å². The van der Waals surface area contributed by atoms with Crippen molar-refractivity contribution in [3.63, 3.8) is 0 Å². The van der Waals surface area contributed by atoms with E-state index in [-0.39, 0.29) is 0 Å². The van der Waals surface area contributed by atoms with Crippen LogP contribution >= 0.6 is 0 Å². The molecule has 0 radical (unpaired) electrons. The molecule has 0 unspecified atom stereocenters. The minimum Gasteiger partial charge on any atom is -0.497 e. The third-order valence-electron chi connectivity index (χ3n) is 5.81. The molecule has 0 amide bonds. The number of pyridine rings is 1. The Balaban J connectivity index is 1.97. The summed E-state index contributed by atoms with van der Waals surface area (Å²) in [6.07, 6.45) is 0. The molecule has 0 atom stereocenters. The summed E-state index contributed by atoms with van der Waals surface area (Å²) < 4.78 is 16.3. The number of hydrogen-bond donors (Lipinski definition) is 1. The van der Waals surface area contributed by atoms with Gasteiger partial charge in [0.1, 0.15) is 23.1 Å². The summed E-state index contributed by atoms with van der Waals surface area (Å²) in [5.41, 5.74) is 4.04. The van der Waals surface area contributed by atoms with E-state index in [0.717, 1.165) is 69.3 Å². The van der Waals surface area contributed by atoms with E-state index in [1.165, 1.54) is 0 Å². The van der Waals surface area contributed by atoms with E-state index in [0.29, 0.717) is 0 Å². The molecule has 1 N–H and O–H groups in total. The highest BCUT2D eigenvalue weighted by Crippen LogP contribution is 2.41. The number of anilines is 1. The third kappa shape index (κ3) is 4.92. The molecule has 176 valence electrons. The Morgan fingerprint density at radius 2 is 1.26 bits per heavy atom. The summed E-state index contributed by atoms with van der Waals surface area (Å²) in [6.45, 7) is 1.67. The molecule has 0 aliphatic carbocycles. The summed E-state index contributed by atoms with van der Waals surface area (Å²) in [4.78, 5) is 7.31. The maximum absolute atomic E-state index is 5.54. The van der Waals surface area contributed by atoms with Gasteiger partial charge < -0.3 is 24.4 Å². The zero-order chi connectivity index (χ0) is 24.1. The lowest BCUT2D eigenvalue weighted by molar-refractivity contribution is 0.414. The van der Waals surface area contributed by atoms with Gasteiger partial charge in [-0.25, -0.2) is 4.98 Å². The number of rotatable bonds is 9. The molecule has 0 bridgehead atoms. The van der Waals surface area contributed by atoms with Crippen molar-refractivity contribution >= 4 is 16.6 Å². The Kier molecular flexibility index (Phi) is 7.18. The fraction of sp³-hybridized carbons (Fsp3) is 0.250. The highest BCUT2D eigenvalue weighted by atomic mass is 16.5. The van der Waals surface area contributed by atoms with E-state index in [1.807, 2.05) is 48.5 Å². The van der Waals surface area contributed by atoms with Gasteiger partial charge in [0, 0.05) is 29.6 Å². The molecule has 0 saturated heterocycles. The molecule has 0 spiro atoms. The first kappa shape index (κ1) is 23.4. The van der Waals surface area contributed by atoms with Gasteiger partial charge in [-0.2, -0.15) is 0 Å². The first-order valence-corrected chi connectivity index (χ1v) is 11.2. The van der Waals surface area contributed by atoms with Crippen molar-refractivity contribution in [3.8, 4) is 39.6 Å². The van der Waals surface area contributed by atoms with E-state index >= 15 is 0 Å². The average molecular weight is 458 g/mol. The summed E-state index contributed by atoms with van der Waals surface area (Å²) in [5, 5.41) is 5.66. The second-order valence-corrected chi connectivity index (χ2v) is 8.28. The molecule has 34 heavy (non-hydrogen) atoms. The minimum atomic E-state index is 0.774. The maximum Gasteiger partial charge on any atom is 0.134 e. The van der Waals surface area contributed by atoms with Crippen molar-refractivity contribution in [2.75, 3.05) is 53.8 Å². The molecule has 6 heteroatoms. The van der Waals surface area contributed by atoms with E-state index in [1.54, 1.807) is 21.3 Å². The Morgan fingerprint density at radius 1 is 0.706 bits per heavy atom. The number of nitrogens with zero attached hydrogens (tertiary/aromatic N) is 2. The van der Waals surface area contributed by atoms with Gasteiger partial charge in [-0.15, -0.1) is 0 Å². The minimum absolute atomic E-state index is 0.774. The lowest BCUT2D eigenvalue weighted by Gasteiger charge is -2.19. The monoisotopic (exact) mass is 457 g/mol. The Hall–Kier alpha value is -3.77. The van der Waals surface area contributed by atoms with Gasteiger partial charge in [-0.3, -0.25) is 0 Å². The fourth-order valence-electron chi connectivity index (χ4n) is 3.96. The van der Waals surface area contributed by atoms with E-state index in [4.69, 9.17) is 19.2 Å². The van der Waals surface area contributed by atoms with Gasteiger partial charge in [0.05, 0.1) is 27.0 Å². The van der Waals surface area contributed by atoms with Crippen LogP contribution in [0.15, 0.2) is 66.7 Å². The third-order valence-corrected chi connectivity index (χ3v) is 5.81. The molecule has 6 nitrogen and oxygen atoms in total. The number of ether oxygens (including phenoxy) is 3. The molecule has 1 aromatic heterocycles. The number of nitrogens with one attached hydrogen (secondary N) is 1. The molecule has 4 aromatic rings. The predicted molar refractivity (Wildman–Crippen MR) is 139 cm³/mol. The zero-order valence-corrected chi connectivity index (χ0v) is 20.4. The number of methoxy groups -OCH3 is 3. The Morgan fingerprint density at radius 3 is 1.82 bits per heavy atom. The van der Waals surface area contributed by atoms with E-state index in [2.05, 4.69) is 42.5 Å². The zero-order valence-electron chi connectivity index (χ0n) is 20.4. The first-order chi connectivity index (χ1) is 16.5. The van der Waals surface area contributed by atoms with Gasteiger partial charge in [-0.1, -0.05) is 12.1 Å². The van der Waals surface area contributed by atoms with Gasteiger partial charge in [-0.05, 0) is 79.6 Å². The van der Waals surface area contributed by atoms with E-state index < -0.39 is 0 Å². The maximum atomic E-state index is 5.54. The molecule has 4 rings (SSSR count). The summed E-state index contributed by atoms with van der Waals surface area (Å²) in [6, 6.07) is 22.3. The van der Waals surface area contributed by atoms with Crippen LogP contribution in [-0.4, -0.2) is 58.4 Å². The standard InChI is InChI=1S/C28H31N3O3/c1-31(2)17-16-29-28-25-18-23(34-5)14-15-24(25)26(19-6-10-21(32-3)11-7-19)27(30-28)20-8-12-22(33-4)13-9-20/h6-15,18H,16-17H2,1-5H3,(H,29,30). The lowest BCUT2D eigenvalue weighted by atomic mass is 9.93. The van der Waals surface area contributed by atoms with Crippen molar-refractivity contribution in [1.82, 2.24) is 9.88 Å². The topological polar surface area (TPSA) is 55.9 Å². The molecule has 0 aliphatic heterocycles.